The molecule has 0 spiro atoms. The quantitative estimate of drug-likeness (QED) is 0.530. The van der Waals surface area contributed by atoms with Crippen LogP contribution in [0.25, 0.3) is 0 Å². The number of hydrogen-bond acceptors (Lipinski definition) is 3. The maximum absolute atomic E-state index is 13.8. The van der Waals surface area contributed by atoms with Gasteiger partial charge >= 0.3 is 0 Å². The first-order valence-electron chi connectivity index (χ1n) is 9.63. The minimum absolute atomic E-state index is 0.0358. The summed E-state index contributed by atoms with van der Waals surface area (Å²) in [6.07, 6.45) is 1.44. The second-order valence-electron chi connectivity index (χ2n) is 7.97. The predicted octanol–water partition coefficient (Wildman–Crippen LogP) is 6.38. The summed E-state index contributed by atoms with van der Waals surface area (Å²) in [6.45, 7) is 9.22. The first-order chi connectivity index (χ1) is 14.0. The lowest BCUT2D eigenvalue weighted by Gasteiger charge is -2.40. The summed E-state index contributed by atoms with van der Waals surface area (Å²) in [5.74, 6) is -2.33. The topological polar surface area (TPSA) is 49.3 Å². The Labute approximate surface area is 184 Å². The van der Waals surface area contributed by atoms with Gasteiger partial charge in [0.25, 0.3) is 5.91 Å². The van der Waals surface area contributed by atoms with E-state index in [0.29, 0.717) is 17.0 Å². The zero-order valence-corrected chi connectivity index (χ0v) is 18.6. The van der Waals surface area contributed by atoms with Crippen molar-refractivity contribution in [1.82, 2.24) is 0 Å². The van der Waals surface area contributed by atoms with E-state index in [1.165, 1.54) is 13.0 Å². The molecule has 3 nitrogen and oxygen atoms in total. The summed E-state index contributed by atoms with van der Waals surface area (Å²) in [5.41, 5.74) is 0.514. The van der Waals surface area contributed by atoms with Crippen molar-refractivity contribution >= 4 is 35.0 Å². The van der Waals surface area contributed by atoms with Crippen LogP contribution in [0.2, 0.25) is 5.02 Å². The molecule has 7 heteroatoms. The molecule has 2 aromatic rings. The van der Waals surface area contributed by atoms with Gasteiger partial charge in [0.2, 0.25) is 0 Å². The monoisotopic (exact) mass is 451 g/mol. The normalized spacial score (nSPS) is 24.0. The van der Waals surface area contributed by atoms with Crippen LogP contribution in [-0.2, 0) is 0 Å². The summed E-state index contributed by atoms with van der Waals surface area (Å²) < 4.78 is 27.1. The molecule has 0 radical (unpaired) electrons. The molecule has 0 aliphatic heterocycles. The van der Waals surface area contributed by atoms with Crippen LogP contribution in [0.1, 0.15) is 42.6 Å². The van der Waals surface area contributed by atoms with Crippen molar-refractivity contribution in [1.29, 1.82) is 0 Å². The minimum Gasteiger partial charge on any atom is -0.386 e. The van der Waals surface area contributed by atoms with Gasteiger partial charge in [0.1, 0.15) is 0 Å². The second-order valence-corrected chi connectivity index (χ2v) is 9.71. The van der Waals surface area contributed by atoms with Gasteiger partial charge < -0.3 is 10.4 Å². The summed E-state index contributed by atoms with van der Waals surface area (Å²) in [7, 11) is 0. The Kier molecular flexibility index (Phi) is 6.60. The third-order valence-corrected chi connectivity index (χ3v) is 7.57. The fraction of sp³-hybridized carbons (Fsp3) is 0.348. The van der Waals surface area contributed by atoms with Crippen LogP contribution in [0.3, 0.4) is 0 Å². The van der Waals surface area contributed by atoms with E-state index in [2.05, 4.69) is 11.9 Å². The van der Waals surface area contributed by atoms with E-state index in [9.17, 15) is 18.7 Å². The zero-order valence-electron chi connectivity index (χ0n) is 17.1. The first kappa shape index (κ1) is 22.8. The lowest BCUT2D eigenvalue weighted by Crippen LogP contribution is -2.41. The van der Waals surface area contributed by atoms with Crippen LogP contribution in [0, 0.1) is 24.5 Å². The van der Waals surface area contributed by atoms with Crippen molar-refractivity contribution < 1.29 is 18.7 Å². The van der Waals surface area contributed by atoms with Crippen LogP contribution >= 0.6 is 23.4 Å². The number of thioether (sulfide) groups is 1. The average molecular weight is 452 g/mol. The van der Waals surface area contributed by atoms with E-state index in [1.807, 2.05) is 6.92 Å². The van der Waals surface area contributed by atoms with Crippen molar-refractivity contribution in [2.75, 3.05) is 5.32 Å². The number of hydrogen-bond donors (Lipinski definition) is 2. The molecule has 3 atom stereocenters. The van der Waals surface area contributed by atoms with Gasteiger partial charge in [0.05, 0.1) is 10.6 Å². The molecule has 0 heterocycles. The molecule has 0 saturated heterocycles. The SMILES string of the molecule is C=C1C[C@H](Sc2cc(C(=O)Nc3ccc(F)c(F)c3C)ccc2Cl)CC(C)[C@@]1(C)O. The van der Waals surface area contributed by atoms with Crippen LogP contribution in [0.15, 0.2) is 47.4 Å². The molecule has 1 fully saturated rings. The number of halogens is 3. The Morgan fingerprint density at radius 3 is 2.70 bits per heavy atom. The zero-order chi connectivity index (χ0) is 22.2. The fourth-order valence-electron chi connectivity index (χ4n) is 3.52. The number of benzene rings is 2. The van der Waals surface area contributed by atoms with E-state index in [4.69, 9.17) is 11.6 Å². The van der Waals surface area contributed by atoms with E-state index in [0.717, 1.165) is 23.0 Å². The summed E-state index contributed by atoms with van der Waals surface area (Å²) >= 11 is 7.91. The van der Waals surface area contributed by atoms with Crippen LogP contribution in [0.5, 0.6) is 0 Å². The Morgan fingerprint density at radius 1 is 1.33 bits per heavy atom. The average Bonchev–Trinajstić information content (AvgIpc) is 2.68. The molecule has 1 unspecified atom stereocenters. The molecular weight excluding hydrogens is 428 g/mol. The maximum Gasteiger partial charge on any atom is 0.255 e. The van der Waals surface area contributed by atoms with Gasteiger partial charge in [0, 0.05) is 27.0 Å². The molecule has 160 valence electrons. The van der Waals surface area contributed by atoms with E-state index in [1.54, 1.807) is 36.9 Å². The Bertz CT molecular complexity index is 1010. The highest BCUT2D eigenvalue weighted by Crippen LogP contribution is 2.44. The molecule has 1 amide bonds. The number of aliphatic hydroxyl groups is 1. The van der Waals surface area contributed by atoms with Gasteiger partial charge in [-0.3, -0.25) is 4.79 Å². The smallest absolute Gasteiger partial charge is 0.255 e. The molecule has 1 aliphatic rings. The molecule has 30 heavy (non-hydrogen) atoms. The fourth-order valence-corrected chi connectivity index (χ4v) is 5.18. The van der Waals surface area contributed by atoms with E-state index >= 15 is 0 Å². The third-order valence-electron chi connectivity index (χ3n) is 5.84. The number of carbonyl (C=O) groups is 1. The maximum atomic E-state index is 13.8. The van der Waals surface area contributed by atoms with Gasteiger partial charge in [-0.2, -0.15) is 0 Å². The third kappa shape index (κ3) is 4.56. The van der Waals surface area contributed by atoms with E-state index in [-0.39, 0.29) is 22.4 Å². The summed E-state index contributed by atoms with van der Waals surface area (Å²) in [4.78, 5) is 13.4. The first-order valence-corrected chi connectivity index (χ1v) is 10.9. The molecule has 1 aliphatic carbocycles. The van der Waals surface area contributed by atoms with Crippen molar-refractivity contribution in [2.24, 2.45) is 5.92 Å². The number of amides is 1. The number of nitrogens with one attached hydrogen (secondary N) is 1. The van der Waals surface area contributed by atoms with Crippen LogP contribution in [-0.4, -0.2) is 21.9 Å². The number of rotatable bonds is 4. The van der Waals surface area contributed by atoms with Crippen LogP contribution < -0.4 is 5.32 Å². The molecule has 2 aromatic carbocycles. The largest absolute Gasteiger partial charge is 0.386 e. The van der Waals surface area contributed by atoms with Gasteiger partial charge in [-0.15, -0.1) is 11.8 Å². The Balaban J connectivity index is 1.78. The van der Waals surface area contributed by atoms with Crippen molar-refractivity contribution in [3.63, 3.8) is 0 Å². The number of carbonyl (C=O) groups excluding carboxylic acids is 1. The summed E-state index contributed by atoms with van der Waals surface area (Å²) in [6, 6.07) is 7.24. The highest BCUT2D eigenvalue weighted by molar-refractivity contribution is 8.00. The van der Waals surface area contributed by atoms with Gasteiger partial charge in [-0.05, 0) is 68.5 Å². The standard InChI is InChI=1S/C23H24ClF2NO2S/c1-12-9-16(10-13(2)23(12,4)29)30-20-11-15(5-6-17(20)24)22(28)27-19-8-7-18(25)21(26)14(19)3/h5-8,11,13,16,29H,1,9-10H2,2-4H3,(H,27,28)/t13?,16-,23-/m0/s1. The highest BCUT2D eigenvalue weighted by atomic mass is 35.5. The molecular formula is C23H24ClF2NO2S. The van der Waals surface area contributed by atoms with Crippen molar-refractivity contribution in [3.8, 4) is 0 Å². The number of anilines is 1. The molecule has 2 N–H and O–H groups in total. The van der Waals surface area contributed by atoms with Crippen molar-refractivity contribution in [2.45, 2.75) is 49.4 Å². The predicted molar refractivity (Wildman–Crippen MR) is 118 cm³/mol. The molecule has 0 bridgehead atoms. The van der Waals surface area contributed by atoms with Gasteiger partial charge in [0.15, 0.2) is 11.6 Å². The highest BCUT2D eigenvalue weighted by Gasteiger charge is 2.38. The Morgan fingerprint density at radius 2 is 2.03 bits per heavy atom. The van der Waals surface area contributed by atoms with E-state index < -0.39 is 23.1 Å². The van der Waals surface area contributed by atoms with Gasteiger partial charge in [-0.1, -0.05) is 25.1 Å². The second kappa shape index (κ2) is 8.69. The van der Waals surface area contributed by atoms with Crippen LogP contribution in [0.4, 0.5) is 14.5 Å². The molecule has 1 saturated carbocycles. The molecule has 0 aromatic heterocycles. The minimum atomic E-state index is -0.984. The molecule has 3 rings (SSSR count). The lowest BCUT2D eigenvalue weighted by atomic mass is 9.74. The lowest BCUT2D eigenvalue weighted by molar-refractivity contribution is 0.0237. The Hall–Kier alpha value is -1.89. The van der Waals surface area contributed by atoms with Crippen molar-refractivity contribution in [3.05, 3.63) is 70.3 Å². The summed E-state index contributed by atoms with van der Waals surface area (Å²) in [5, 5.41) is 13.9. The van der Waals surface area contributed by atoms with Gasteiger partial charge in [-0.25, -0.2) is 8.78 Å².